The fraction of sp³-hybridized carbons (Fsp3) is 0.0526. The van der Waals surface area contributed by atoms with E-state index in [1.807, 2.05) is 30.3 Å². The number of rotatable bonds is 6. The Kier molecular flexibility index (Phi) is 5.44. The van der Waals surface area contributed by atoms with Crippen LogP contribution in [-0.4, -0.2) is 44.2 Å². The van der Waals surface area contributed by atoms with Crippen LogP contribution in [-0.2, 0) is 9.53 Å². The monoisotopic (exact) mass is 422 g/mol. The summed E-state index contributed by atoms with van der Waals surface area (Å²) in [4.78, 5) is 29.0. The molecule has 0 spiro atoms. The SMILES string of the molecule is COC(=O)c1cnc(NC(=O)/C(=C/c2ccco2)n2nnnc2-c2ccccc2)s1. The number of aromatic nitrogens is 5. The number of nitrogens with zero attached hydrogens (tertiary/aromatic N) is 5. The zero-order valence-corrected chi connectivity index (χ0v) is 16.4. The van der Waals surface area contributed by atoms with Crippen molar-refractivity contribution in [2.75, 3.05) is 12.4 Å². The molecule has 4 rings (SSSR count). The predicted octanol–water partition coefficient (Wildman–Crippen LogP) is 2.81. The number of hydrogen-bond donors (Lipinski definition) is 1. The maximum atomic E-state index is 13.1. The number of nitrogens with one attached hydrogen (secondary N) is 1. The van der Waals surface area contributed by atoms with Gasteiger partial charge in [-0.3, -0.25) is 10.1 Å². The quantitative estimate of drug-likeness (QED) is 0.371. The Morgan fingerprint density at radius 1 is 1.20 bits per heavy atom. The van der Waals surface area contributed by atoms with E-state index >= 15 is 0 Å². The topological polar surface area (TPSA) is 125 Å². The lowest BCUT2D eigenvalue weighted by molar-refractivity contribution is -0.111. The van der Waals surface area contributed by atoms with E-state index in [1.165, 1.54) is 30.3 Å². The molecule has 0 unspecified atom stereocenters. The molecule has 0 aliphatic heterocycles. The minimum atomic E-state index is -0.540. The summed E-state index contributed by atoms with van der Waals surface area (Å²) in [5, 5.41) is 14.6. The fourth-order valence-corrected chi connectivity index (χ4v) is 3.27. The number of ether oxygens (including phenoxy) is 1. The van der Waals surface area contributed by atoms with Crippen LogP contribution in [0.4, 0.5) is 5.13 Å². The van der Waals surface area contributed by atoms with Gasteiger partial charge in [0.05, 0.1) is 19.6 Å². The van der Waals surface area contributed by atoms with Crippen LogP contribution in [0.5, 0.6) is 0 Å². The van der Waals surface area contributed by atoms with E-state index in [2.05, 4.69) is 30.6 Å². The summed E-state index contributed by atoms with van der Waals surface area (Å²) < 4.78 is 11.3. The number of tetrazole rings is 1. The second-order valence-corrected chi connectivity index (χ2v) is 6.83. The predicted molar refractivity (Wildman–Crippen MR) is 108 cm³/mol. The highest BCUT2D eigenvalue weighted by molar-refractivity contribution is 7.17. The molecule has 1 amide bonds. The molecule has 0 fully saturated rings. The van der Waals surface area contributed by atoms with Crippen LogP contribution in [0.25, 0.3) is 23.2 Å². The summed E-state index contributed by atoms with van der Waals surface area (Å²) in [7, 11) is 1.27. The zero-order valence-electron chi connectivity index (χ0n) is 15.6. The second kappa shape index (κ2) is 8.49. The van der Waals surface area contributed by atoms with Crippen LogP contribution in [0.3, 0.4) is 0 Å². The largest absolute Gasteiger partial charge is 0.465 e. The smallest absolute Gasteiger partial charge is 0.349 e. The summed E-state index contributed by atoms with van der Waals surface area (Å²) in [6, 6.07) is 12.6. The Morgan fingerprint density at radius 3 is 2.77 bits per heavy atom. The first-order valence-corrected chi connectivity index (χ1v) is 9.42. The van der Waals surface area contributed by atoms with Gasteiger partial charge in [0.1, 0.15) is 16.3 Å². The van der Waals surface area contributed by atoms with Crippen molar-refractivity contribution in [3.8, 4) is 11.4 Å². The van der Waals surface area contributed by atoms with Gasteiger partial charge in [-0.25, -0.2) is 9.78 Å². The number of anilines is 1. The molecule has 0 saturated heterocycles. The molecule has 3 aromatic heterocycles. The third-order valence-corrected chi connectivity index (χ3v) is 4.79. The minimum Gasteiger partial charge on any atom is -0.465 e. The standard InChI is InChI=1S/C19H14N6O4S/c1-28-18(27)15-11-20-19(30-15)21-17(26)14(10-13-8-5-9-29-13)25-16(22-23-24-25)12-6-3-2-4-7-12/h2-11H,1H3,(H,20,21,26)/b14-10-. The molecule has 1 N–H and O–H groups in total. The molecule has 1 aromatic carbocycles. The summed E-state index contributed by atoms with van der Waals surface area (Å²) in [6.45, 7) is 0. The van der Waals surface area contributed by atoms with Crippen molar-refractivity contribution in [3.63, 3.8) is 0 Å². The van der Waals surface area contributed by atoms with Gasteiger partial charge in [-0.2, -0.15) is 4.68 Å². The van der Waals surface area contributed by atoms with Crippen molar-refractivity contribution in [2.45, 2.75) is 0 Å². The summed E-state index contributed by atoms with van der Waals surface area (Å²) in [6.07, 6.45) is 4.32. The van der Waals surface area contributed by atoms with Gasteiger partial charge in [0, 0.05) is 11.6 Å². The van der Waals surface area contributed by atoms with Gasteiger partial charge < -0.3 is 9.15 Å². The number of carbonyl (C=O) groups is 2. The first-order chi connectivity index (χ1) is 14.7. The van der Waals surface area contributed by atoms with E-state index < -0.39 is 11.9 Å². The molecule has 0 aliphatic rings. The molecule has 0 aliphatic carbocycles. The Morgan fingerprint density at radius 2 is 2.03 bits per heavy atom. The van der Waals surface area contributed by atoms with Gasteiger partial charge in [-0.1, -0.05) is 41.7 Å². The number of esters is 1. The van der Waals surface area contributed by atoms with E-state index in [9.17, 15) is 9.59 Å². The maximum absolute atomic E-state index is 13.1. The lowest BCUT2D eigenvalue weighted by Crippen LogP contribution is -2.19. The molecule has 30 heavy (non-hydrogen) atoms. The molecule has 150 valence electrons. The number of carbonyl (C=O) groups excluding carboxylic acids is 2. The summed E-state index contributed by atoms with van der Waals surface area (Å²) in [5.74, 6) is -0.269. The third kappa shape index (κ3) is 4.00. The van der Waals surface area contributed by atoms with Gasteiger partial charge >= 0.3 is 5.97 Å². The van der Waals surface area contributed by atoms with Crippen molar-refractivity contribution in [1.82, 2.24) is 25.2 Å². The maximum Gasteiger partial charge on any atom is 0.349 e. The zero-order chi connectivity index (χ0) is 20.9. The first-order valence-electron chi connectivity index (χ1n) is 8.60. The van der Waals surface area contributed by atoms with Gasteiger partial charge in [0.25, 0.3) is 5.91 Å². The average molecular weight is 422 g/mol. The highest BCUT2D eigenvalue weighted by atomic mass is 32.1. The van der Waals surface area contributed by atoms with E-state index in [-0.39, 0.29) is 15.7 Å². The first kappa shape index (κ1) is 19.2. The molecule has 0 saturated carbocycles. The highest BCUT2D eigenvalue weighted by Gasteiger charge is 2.21. The molecule has 0 radical (unpaired) electrons. The van der Waals surface area contributed by atoms with Crippen LogP contribution in [0.1, 0.15) is 15.4 Å². The van der Waals surface area contributed by atoms with Crippen molar-refractivity contribution >= 4 is 40.1 Å². The second-order valence-electron chi connectivity index (χ2n) is 5.80. The number of thiazole rings is 1. The third-order valence-electron chi connectivity index (χ3n) is 3.90. The average Bonchev–Trinajstić information content (AvgIpc) is 3.53. The molecule has 0 bridgehead atoms. The number of hydrogen-bond acceptors (Lipinski definition) is 9. The van der Waals surface area contributed by atoms with Gasteiger partial charge in [-0.05, 0) is 22.6 Å². The minimum absolute atomic E-state index is 0.101. The Labute approximate surface area is 173 Å². The molecule has 11 heteroatoms. The van der Waals surface area contributed by atoms with Crippen LogP contribution < -0.4 is 5.32 Å². The normalized spacial score (nSPS) is 11.3. The van der Waals surface area contributed by atoms with Gasteiger partial charge in [-0.15, -0.1) is 5.10 Å². The molecule has 3 heterocycles. The lowest BCUT2D eigenvalue weighted by atomic mass is 10.2. The molecular weight excluding hydrogens is 408 g/mol. The number of furan rings is 1. The number of amides is 1. The van der Waals surface area contributed by atoms with E-state index in [0.717, 1.165) is 16.9 Å². The van der Waals surface area contributed by atoms with E-state index in [1.54, 1.807) is 12.1 Å². The highest BCUT2D eigenvalue weighted by Crippen LogP contribution is 2.23. The van der Waals surface area contributed by atoms with E-state index in [4.69, 9.17) is 4.42 Å². The summed E-state index contributed by atoms with van der Waals surface area (Å²) >= 11 is 0.988. The van der Waals surface area contributed by atoms with Crippen LogP contribution in [0.2, 0.25) is 0 Å². The number of methoxy groups -OCH3 is 1. The Balaban J connectivity index is 1.70. The van der Waals surface area contributed by atoms with Crippen LogP contribution in [0.15, 0.2) is 59.3 Å². The Hall–Kier alpha value is -4.12. The number of benzene rings is 1. The molecular formula is C19H14N6O4S. The van der Waals surface area contributed by atoms with Crippen molar-refractivity contribution < 1.29 is 18.7 Å². The molecule has 0 atom stereocenters. The van der Waals surface area contributed by atoms with E-state index in [0.29, 0.717) is 11.6 Å². The fourth-order valence-electron chi connectivity index (χ4n) is 2.54. The molecule has 10 nitrogen and oxygen atoms in total. The van der Waals surface area contributed by atoms with Crippen molar-refractivity contribution in [2.24, 2.45) is 0 Å². The summed E-state index contributed by atoms with van der Waals surface area (Å²) in [5.41, 5.74) is 0.825. The molecule has 4 aromatic rings. The van der Waals surface area contributed by atoms with Crippen molar-refractivity contribution in [1.29, 1.82) is 0 Å². The lowest BCUT2D eigenvalue weighted by Gasteiger charge is -2.09. The Bertz CT molecular complexity index is 1200. The van der Waals surface area contributed by atoms with Crippen LogP contribution >= 0.6 is 11.3 Å². The van der Waals surface area contributed by atoms with Crippen LogP contribution in [0, 0.1) is 0 Å². The van der Waals surface area contributed by atoms with Crippen molar-refractivity contribution in [3.05, 3.63) is 65.6 Å². The van der Waals surface area contributed by atoms with Gasteiger partial charge in [0.2, 0.25) is 0 Å². The van der Waals surface area contributed by atoms with Gasteiger partial charge in [0.15, 0.2) is 11.0 Å².